The molecular formula is C12H12N2O6. The Balaban J connectivity index is 2.21. The molecule has 8 heteroatoms. The first-order chi connectivity index (χ1) is 9.44. The number of nitro groups is 1. The zero-order chi connectivity index (χ0) is 14.8. The monoisotopic (exact) mass is 280 g/mol. The summed E-state index contributed by atoms with van der Waals surface area (Å²) in [5, 5.41) is 22.2. The van der Waals surface area contributed by atoms with Crippen molar-refractivity contribution in [2.24, 2.45) is 0 Å². The van der Waals surface area contributed by atoms with Gasteiger partial charge in [0.1, 0.15) is 0 Å². The lowest BCUT2D eigenvalue weighted by atomic mass is 9.98. The Hall–Kier alpha value is -2.48. The second-order valence-electron chi connectivity index (χ2n) is 4.45. The Morgan fingerprint density at radius 2 is 2.20 bits per heavy atom. The number of hydrogen-bond donors (Lipinski definition) is 2. The maximum Gasteiger partial charge on any atom is 0.331 e. The summed E-state index contributed by atoms with van der Waals surface area (Å²) in [5.74, 6) is -1.87. The number of hydrogen-bond acceptors (Lipinski definition) is 5. The number of carboxylic acids is 1. The SMILES string of the molecule is O=C(NC1(C(=O)O)CCOC1)c1cccc([N+](=O)[O-])c1. The lowest BCUT2D eigenvalue weighted by Gasteiger charge is -2.23. The highest BCUT2D eigenvalue weighted by molar-refractivity contribution is 5.98. The molecule has 0 saturated carbocycles. The number of rotatable bonds is 4. The number of nitrogens with zero attached hydrogens (tertiary/aromatic N) is 1. The Labute approximate surface area is 113 Å². The average Bonchev–Trinajstić information content (AvgIpc) is 2.88. The van der Waals surface area contributed by atoms with Gasteiger partial charge in [-0.15, -0.1) is 0 Å². The summed E-state index contributed by atoms with van der Waals surface area (Å²) in [5.41, 5.74) is -1.67. The number of aliphatic carboxylic acids is 1. The topological polar surface area (TPSA) is 119 Å². The summed E-state index contributed by atoms with van der Waals surface area (Å²) < 4.78 is 5.02. The van der Waals surface area contributed by atoms with Crippen molar-refractivity contribution in [3.8, 4) is 0 Å². The molecule has 20 heavy (non-hydrogen) atoms. The summed E-state index contributed by atoms with van der Waals surface area (Å²) in [6.45, 7) is 0.116. The number of nitro benzene ring substituents is 1. The summed E-state index contributed by atoms with van der Waals surface area (Å²) in [6, 6.07) is 5.10. The Morgan fingerprint density at radius 1 is 1.45 bits per heavy atom. The van der Waals surface area contributed by atoms with Gasteiger partial charge in [-0.05, 0) is 6.07 Å². The molecule has 1 aromatic carbocycles. The third-order valence-electron chi connectivity index (χ3n) is 3.10. The molecule has 106 valence electrons. The van der Waals surface area contributed by atoms with Crippen LogP contribution in [0.3, 0.4) is 0 Å². The Bertz CT molecular complexity index is 565. The quantitative estimate of drug-likeness (QED) is 0.614. The van der Waals surface area contributed by atoms with Gasteiger partial charge in [0.15, 0.2) is 5.54 Å². The van der Waals surface area contributed by atoms with Crippen molar-refractivity contribution in [3.05, 3.63) is 39.9 Å². The van der Waals surface area contributed by atoms with Crippen molar-refractivity contribution in [3.63, 3.8) is 0 Å². The highest BCUT2D eigenvalue weighted by atomic mass is 16.6. The predicted molar refractivity (Wildman–Crippen MR) is 66.4 cm³/mol. The minimum absolute atomic E-state index is 0.0340. The summed E-state index contributed by atoms with van der Waals surface area (Å²) in [4.78, 5) is 33.3. The third kappa shape index (κ3) is 2.59. The maximum atomic E-state index is 12.0. The second-order valence-corrected chi connectivity index (χ2v) is 4.45. The standard InChI is InChI=1S/C12H12N2O6/c15-10(8-2-1-3-9(6-8)14(18)19)13-12(11(16)17)4-5-20-7-12/h1-3,6H,4-5,7H2,(H,13,15)(H,16,17). The van der Waals surface area contributed by atoms with E-state index in [9.17, 15) is 24.8 Å². The molecule has 1 aliphatic heterocycles. The van der Waals surface area contributed by atoms with E-state index in [4.69, 9.17) is 4.74 Å². The van der Waals surface area contributed by atoms with E-state index in [0.717, 1.165) is 6.07 Å². The first-order valence-corrected chi connectivity index (χ1v) is 5.83. The molecule has 0 aromatic heterocycles. The number of ether oxygens (including phenoxy) is 1. The number of carbonyl (C=O) groups is 2. The molecular weight excluding hydrogens is 268 g/mol. The highest BCUT2D eigenvalue weighted by Gasteiger charge is 2.44. The van der Waals surface area contributed by atoms with Crippen molar-refractivity contribution < 1.29 is 24.4 Å². The van der Waals surface area contributed by atoms with E-state index in [0.29, 0.717) is 0 Å². The molecule has 1 aliphatic rings. The van der Waals surface area contributed by atoms with E-state index in [1.807, 2.05) is 0 Å². The van der Waals surface area contributed by atoms with Gasteiger partial charge in [0.05, 0.1) is 11.5 Å². The summed E-state index contributed by atoms with van der Waals surface area (Å²) in [7, 11) is 0. The molecule has 8 nitrogen and oxygen atoms in total. The van der Waals surface area contributed by atoms with E-state index < -0.39 is 22.3 Å². The molecule has 0 spiro atoms. The molecule has 0 bridgehead atoms. The molecule has 0 aliphatic carbocycles. The number of benzene rings is 1. The lowest BCUT2D eigenvalue weighted by Crippen LogP contribution is -2.55. The van der Waals surface area contributed by atoms with Crippen molar-refractivity contribution in [1.82, 2.24) is 5.32 Å². The largest absolute Gasteiger partial charge is 0.479 e. The van der Waals surface area contributed by atoms with Crippen LogP contribution in [0.1, 0.15) is 16.8 Å². The van der Waals surface area contributed by atoms with Crippen LogP contribution >= 0.6 is 0 Å². The van der Waals surface area contributed by atoms with Crippen LogP contribution in [0.2, 0.25) is 0 Å². The van der Waals surface area contributed by atoms with Crippen LogP contribution in [0.4, 0.5) is 5.69 Å². The minimum atomic E-state index is -1.47. The molecule has 1 saturated heterocycles. The van der Waals surface area contributed by atoms with E-state index in [1.54, 1.807) is 0 Å². The van der Waals surface area contributed by atoms with Crippen LogP contribution in [-0.4, -0.2) is 40.7 Å². The smallest absolute Gasteiger partial charge is 0.331 e. The van der Waals surface area contributed by atoms with Crippen LogP contribution in [0, 0.1) is 10.1 Å². The fourth-order valence-electron chi connectivity index (χ4n) is 1.94. The molecule has 1 heterocycles. The number of carboxylic acid groups (broad SMARTS) is 1. The first-order valence-electron chi connectivity index (χ1n) is 5.83. The normalized spacial score (nSPS) is 21.4. The van der Waals surface area contributed by atoms with Crippen molar-refractivity contribution >= 4 is 17.6 Å². The predicted octanol–water partition coefficient (Wildman–Crippen LogP) is 0.568. The Kier molecular flexibility index (Phi) is 3.66. The van der Waals surface area contributed by atoms with Crippen LogP contribution in [0.5, 0.6) is 0 Å². The molecule has 2 rings (SSSR count). The van der Waals surface area contributed by atoms with Gasteiger partial charge in [-0.1, -0.05) is 6.07 Å². The van der Waals surface area contributed by atoms with Crippen LogP contribution in [0.15, 0.2) is 24.3 Å². The second kappa shape index (κ2) is 5.25. The summed E-state index contributed by atoms with van der Waals surface area (Å²) in [6.07, 6.45) is 0.156. The van der Waals surface area contributed by atoms with E-state index in [1.165, 1.54) is 18.2 Å². The molecule has 0 radical (unpaired) electrons. The zero-order valence-electron chi connectivity index (χ0n) is 10.4. The maximum absolute atomic E-state index is 12.0. The first kappa shape index (κ1) is 13.9. The zero-order valence-corrected chi connectivity index (χ0v) is 10.4. The van der Waals surface area contributed by atoms with E-state index in [2.05, 4.69) is 5.32 Å². The van der Waals surface area contributed by atoms with Gasteiger partial charge in [-0.2, -0.15) is 0 Å². The molecule has 1 unspecified atom stereocenters. The van der Waals surface area contributed by atoms with Gasteiger partial charge >= 0.3 is 5.97 Å². The van der Waals surface area contributed by atoms with Crippen molar-refractivity contribution in [2.75, 3.05) is 13.2 Å². The van der Waals surface area contributed by atoms with Gasteiger partial charge < -0.3 is 15.2 Å². The number of carbonyl (C=O) groups excluding carboxylic acids is 1. The van der Waals surface area contributed by atoms with E-state index >= 15 is 0 Å². The average molecular weight is 280 g/mol. The highest BCUT2D eigenvalue weighted by Crippen LogP contribution is 2.20. The third-order valence-corrected chi connectivity index (χ3v) is 3.10. The molecule has 1 aromatic rings. The van der Waals surface area contributed by atoms with Crippen LogP contribution in [-0.2, 0) is 9.53 Å². The van der Waals surface area contributed by atoms with Gasteiger partial charge in [-0.3, -0.25) is 14.9 Å². The number of nitrogens with one attached hydrogen (secondary N) is 1. The fraction of sp³-hybridized carbons (Fsp3) is 0.333. The van der Waals surface area contributed by atoms with E-state index in [-0.39, 0.29) is 30.9 Å². The molecule has 1 atom stereocenters. The summed E-state index contributed by atoms with van der Waals surface area (Å²) >= 11 is 0. The van der Waals surface area contributed by atoms with Crippen molar-refractivity contribution in [2.45, 2.75) is 12.0 Å². The van der Waals surface area contributed by atoms with Crippen LogP contribution in [0.25, 0.3) is 0 Å². The molecule has 1 fully saturated rings. The van der Waals surface area contributed by atoms with Gasteiger partial charge in [0.2, 0.25) is 0 Å². The van der Waals surface area contributed by atoms with Crippen molar-refractivity contribution in [1.29, 1.82) is 0 Å². The van der Waals surface area contributed by atoms with Crippen LogP contribution < -0.4 is 5.32 Å². The fourth-order valence-corrected chi connectivity index (χ4v) is 1.94. The molecule has 2 N–H and O–H groups in total. The molecule has 1 amide bonds. The lowest BCUT2D eigenvalue weighted by molar-refractivity contribution is -0.384. The number of non-ortho nitro benzene ring substituents is 1. The Morgan fingerprint density at radius 3 is 2.75 bits per heavy atom. The minimum Gasteiger partial charge on any atom is -0.479 e. The van der Waals surface area contributed by atoms with Gasteiger partial charge in [0.25, 0.3) is 11.6 Å². The van der Waals surface area contributed by atoms with Gasteiger partial charge in [-0.25, -0.2) is 4.79 Å². The number of amides is 1. The van der Waals surface area contributed by atoms with Gasteiger partial charge in [0, 0.05) is 30.7 Å².